The van der Waals surface area contributed by atoms with E-state index in [4.69, 9.17) is 4.74 Å². The Bertz CT molecular complexity index is 782. The summed E-state index contributed by atoms with van der Waals surface area (Å²) in [6, 6.07) is 17.7. The van der Waals surface area contributed by atoms with Crippen molar-refractivity contribution < 1.29 is 4.74 Å². The first-order valence-corrected chi connectivity index (χ1v) is 9.69. The van der Waals surface area contributed by atoms with E-state index >= 15 is 0 Å². The SMILES string of the molecule is Cl.c1csc(-c2ccc(Cc3ccc(OC[C@@H]4CCCN4)cc3)cc2)n1. The molecule has 0 amide bonds. The first-order valence-electron chi connectivity index (χ1n) is 8.81. The lowest BCUT2D eigenvalue weighted by Crippen LogP contribution is -2.28. The van der Waals surface area contributed by atoms with Crippen molar-refractivity contribution in [3.05, 3.63) is 71.2 Å². The van der Waals surface area contributed by atoms with Crippen LogP contribution in [0, 0.1) is 0 Å². The van der Waals surface area contributed by atoms with Crippen LogP contribution in [0.25, 0.3) is 10.6 Å². The minimum atomic E-state index is 0. The molecule has 2 heterocycles. The second kappa shape index (κ2) is 9.17. The predicted octanol–water partition coefficient (Wildman–Crippen LogP) is 4.95. The van der Waals surface area contributed by atoms with Gasteiger partial charge in [-0.15, -0.1) is 23.7 Å². The second-order valence-corrected chi connectivity index (χ2v) is 7.35. The van der Waals surface area contributed by atoms with Gasteiger partial charge in [0.25, 0.3) is 0 Å². The highest BCUT2D eigenvalue weighted by molar-refractivity contribution is 7.13. The summed E-state index contributed by atoms with van der Waals surface area (Å²) in [7, 11) is 0. The van der Waals surface area contributed by atoms with Crippen LogP contribution in [0.15, 0.2) is 60.1 Å². The molecule has 5 heteroatoms. The lowest BCUT2D eigenvalue weighted by molar-refractivity contribution is 0.277. The molecule has 136 valence electrons. The Kier molecular flexibility index (Phi) is 6.67. The van der Waals surface area contributed by atoms with Gasteiger partial charge in [0, 0.05) is 23.2 Å². The van der Waals surface area contributed by atoms with Crippen LogP contribution in [0.5, 0.6) is 5.75 Å². The highest BCUT2D eigenvalue weighted by atomic mass is 35.5. The molecule has 26 heavy (non-hydrogen) atoms. The Hall–Kier alpha value is -1.88. The van der Waals surface area contributed by atoms with Gasteiger partial charge in [-0.3, -0.25) is 0 Å². The molecule has 1 aromatic heterocycles. The summed E-state index contributed by atoms with van der Waals surface area (Å²) >= 11 is 1.67. The maximum absolute atomic E-state index is 5.88. The third-order valence-electron chi connectivity index (χ3n) is 4.58. The summed E-state index contributed by atoms with van der Waals surface area (Å²) in [5, 5.41) is 6.54. The van der Waals surface area contributed by atoms with Crippen LogP contribution in [0.1, 0.15) is 24.0 Å². The van der Waals surface area contributed by atoms with E-state index in [0.717, 1.165) is 30.3 Å². The standard InChI is InChI=1S/C21H22N2OS.ClH/c1-2-19(22-11-1)15-24-20-9-5-17(6-10-20)14-16-3-7-18(8-4-16)21-23-12-13-25-21;/h3-10,12-13,19,22H,1-2,11,14-15H2;1H/t19-;/m0./s1. The molecule has 0 saturated carbocycles. The number of aromatic nitrogens is 1. The van der Waals surface area contributed by atoms with Crippen LogP contribution in [-0.4, -0.2) is 24.2 Å². The van der Waals surface area contributed by atoms with Gasteiger partial charge in [0.05, 0.1) is 0 Å². The zero-order valence-corrected chi connectivity index (χ0v) is 16.2. The zero-order valence-electron chi connectivity index (χ0n) is 14.6. The molecule has 0 spiro atoms. The molecule has 1 saturated heterocycles. The molecular formula is C21H23ClN2OS. The van der Waals surface area contributed by atoms with Crippen molar-refractivity contribution in [2.75, 3.05) is 13.2 Å². The summed E-state index contributed by atoms with van der Waals surface area (Å²) in [5.74, 6) is 0.955. The van der Waals surface area contributed by atoms with Gasteiger partial charge in [0.15, 0.2) is 0 Å². The van der Waals surface area contributed by atoms with Gasteiger partial charge in [0.2, 0.25) is 0 Å². The monoisotopic (exact) mass is 386 g/mol. The number of hydrogen-bond acceptors (Lipinski definition) is 4. The molecular weight excluding hydrogens is 364 g/mol. The third kappa shape index (κ3) is 4.85. The number of hydrogen-bond donors (Lipinski definition) is 1. The van der Waals surface area contributed by atoms with E-state index in [1.807, 2.05) is 11.6 Å². The Labute approximate surface area is 164 Å². The normalized spacial score (nSPS) is 16.2. The van der Waals surface area contributed by atoms with Gasteiger partial charge in [0.1, 0.15) is 17.4 Å². The molecule has 1 aliphatic rings. The van der Waals surface area contributed by atoms with E-state index in [2.05, 4.69) is 58.8 Å². The van der Waals surface area contributed by atoms with Crippen LogP contribution in [0.2, 0.25) is 0 Å². The van der Waals surface area contributed by atoms with Crippen LogP contribution in [0.4, 0.5) is 0 Å². The van der Waals surface area contributed by atoms with E-state index in [9.17, 15) is 0 Å². The fraction of sp³-hybridized carbons (Fsp3) is 0.286. The number of ether oxygens (including phenoxy) is 1. The minimum absolute atomic E-state index is 0. The quantitative estimate of drug-likeness (QED) is 0.650. The van der Waals surface area contributed by atoms with Gasteiger partial charge in [-0.05, 0) is 49.1 Å². The average molecular weight is 387 g/mol. The van der Waals surface area contributed by atoms with E-state index in [0.29, 0.717) is 6.04 Å². The smallest absolute Gasteiger partial charge is 0.123 e. The summed E-state index contributed by atoms with van der Waals surface area (Å²) in [4.78, 5) is 4.36. The van der Waals surface area contributed by atoms with E-state index in [1.165, 1.54) is 29.5 Å². The minimum Gasteiger partial charge on any atom is -0.492 e. The van der Waals surface area contributed by atoms with Gasteiger partial charge >= 0.3 is 0 Å². The largest absolute Gasteiger partial charge is 0.492 e. The molecule has 4 rings (SSSR count). The second-order valence-electron chi connectivity index (χ2n) is 6.46. The number of nitrogens with one attached hydrogen (secondary N) is 1. The number of halogens is 1. The molecule has 0 bridgehead atoms. The lowest BCUT2D eigenvalue weighted by Gasteiger charge is -2.12. The summed E-state index contributed by atoms with van der Waals surface area (Å²) in [6.45, 7) is 1.88. The van der Waals surface area contributed by atoms with E-state index in [-0.39, 0.29) is 12.4 Å². The molecule has 1 aliphatic heterocycles. The van der Waals surface area contributed by atoms with Crippen LogP contribution < -0.4 is 10.1 Å². The zero-order chi connectivity index (χ0) is 16.9. The highest BCUT2D eigenvalue weighted by Crippen LogP contribution is 2.23. The maximum atomic E-state index is 5.88. The van der Waals surface area contributed by atoms with Crippen molar-refractivity contribution in [2.24, 2.45) is 0 Å². The molecule has 1 atom stereocenters. The highest BCUT2D eigenvalue weighted by Gasteiger charge is 2.14. The number of nitrogens with zero attached hydrogens (tertiary/aromatic N) is 1. The average Bonchev–Trinajstić information content (AvgIpc) is 3.36. The fourth-order valence-corrected chi connectivity index (χ4v) is 3.81. The van der Waals surface area contributed by atoms with Crippen molar-refractivity contribution in [2.45, 2.75) is 25.3 Å². The van der Waals surface area contributed by atoms with Crippen molar-refractivity contribution in [1.82, 2.24) is 10.3 Å². The first-order chi connectivity index (χ1) is 12.4. The molecule has 3 aromatic rings. The van der Waals surface area contributed by atoms with Crippen LogP contribution in [0.3, 0.4) is 0 Å². The number of rotatable bonds is 6. The Morgan fingerprint density at radius 2 is 1.77 bits per heavy atom. The van der Waals surface area contributed by atoms with Gasteiger partial charge in [-0.25, -0.2) is 4.98 Å². The summed E-state index contributed by atoms with van der Waals surface area (Å²) in [6.07, 6.45) is 5.26. The van der Waals surface area contributed by atoms with Crippen LogP contribution >= 0.6 is 23.7 Å². The lowest BCUT2D eigenvalue weighted by atomic mass is 10.0. The summed E-state index contributed by atoms with van der Waals surface area (Å²) in [5.41, 5.74) is 3.79. The molecule has 0 aliphatic carbocycles. The number of benzene rings is 2. The molecule has 1 N–H and O–H groups in total. The third-order valence-corrected chi connectivity index (χ3v) is 5.40. The van der Waals surface area contributed by atoms with E-state index < -0.39 is 0 Å². The predicted molar refractivity (Wildman–Crippen MR) is 111 cm³/mol. The Morgan fingerprint density at radius 3 is 2.38 bits per heavy atom. The molecule has 2 aromatic carbocycles. The van der Waals surface area contributed by atoms with Gasteiger partial charge in [-0.1, -0.05) is 36.4 Å². The first kappa shape index (κ1) is 18.9. The van der Waals surface area contributed by atoms with Crippen molar-refractivity contribution in [3.63, 3.8) is 0 Å². The Morgan fingerprint density at radius 1 is 1.04 bits per heavy atom. The fourth-order valence-electron chi connectivity index (χ4n) is 3.17. The van der Waals surface area contributed by atoms with Crippen molar-refractivity contribution in [1.29, 1.82) is 0 Å². The van der Waals surface area contributed by atoms with Crippen LogP contribution in [-0.2, 0) is 6.42 Å². The Balaban J connectivity index is 0.00000196. The molecule has 1 fully saturated rings. The maximum Gasteiger partial charge on any atom is 0.123 e. The van der Waals surface area contributed by atoms with E-state index in [1.54, 1.807) is 11.3 Å². The topological polar surface area (TPSA) is 34.1 Å². The molecule has 3 nitrogen and oxygen atoms in total. The summed E-state index contributed by atoms with van der Waals surface area (Å²) < 4.78 is 5.88. The molecule has 0 radical (unpaired) electrons. The van der Waals surface area contributed by atoms with Crippen molar-refractivity contribution in [3.8, 4) is 16.3 Å². The van der Waals surface area contributed by atoms with Crippen molar-refractivity contribution >= 4 is 23.7 Å². The van der Waals surface area contributed by atoms with Gasteiger partial charge in [-0.2, -0.15) is 0 Å². The number of thiazole rings is 1. The molecule has 0 unspecified atom stereocenters. The van der Waals surface area contributed by atoms with Gasteiger partial charge < -0.3 is 10.1 Å².